The quantitative estimate of drug-likeness (QED) is 0.113. The molecule has 1 heterocycles. The van der Waals surface area contributed by atoms with Crippen LogP contribution in [-0.4, -0.2) is 11.9 Å². The van der Waals surface area contributed by atoms with Gasteiger partial charge in [0.25, 0.3) is 0 Å². The van der Waals surface area contributed by atoms with Crippen LogP contribution in [0.1, 0.15) is 11.1 Å². The molecule has 0 unspecified atom stereocenters. The van der Waals surface area contributed by atoms with Crippen LogP contribution in [0.5, 0.6) is 0 Å². The molecule has 262 valence electrons. The Morgan fingerprint density at radius 3 is 1.18 bits per heavy atom. The topological polar surface area (TPSA) is 15.6 Å². The summed E-state index contributed by atoms with van der Waals surface area (Å²) in [5.41, 5.74) is 9.13. The molecule has 0 saturated carbocycles. The van der Waals surface area contributed by atoms with Gasteiger partial charge in [0, 0.05) is 11.3 Å². The first-order valence-corrected chi connectivity index (χ1v) is 20.7. The van der Waals surface area contributed by atoms with Crippen molar-refractivity contribution < 1.29 is 0 Å². The number of rotatable bonds is 8. The Morgan fingerprint density at radius 1 is 0.364 bits per heavy atom. The van der Waals surface area contributed by atoms with Gasteiger partial charge < -0.3 is 4.81 Å². The summed E-state index contributed by atoms with van der Waals surface area (Å²) in [4.78, 5) is 8.67. The predicted molar refractivity (Wildman–Crippen MR) is 239 cm³/mol. The Balaban J connectivity index is 1.66. The zero-order chi connectivity index (χ0) is 36.9. The van der Waals surface area contributed by atoms with E-state index in [4.69, 9.17) is 4.99 Å². The second-order valence-electron chi connectivity index (χ2n) is 13.9. The number of para-hydroxylation sites is 2. The Bertz CT molecular complexity index is 2470. The highest BCUT2D eigenvalue weighted by atomic mass is 31.2. The molecule has 1 aliphatic rings. The molecule has 0 aliphatic carbocycles. The maximum atomic E-state index is 6.01. The number of nitrogens with zero attached hydrogens (tertiary/aromatic N) is 2. The van der Waals surface area contributed by atoms with Gasteiger partial charge in [-0.3, -0.25) is 0 Å². The Morgan fingerprint density at radius 2 is 0.727 bits per heavy atom. The molecule has 2 nitrogen and oxygen atoms in total. The number of aliphatic imine (C=N–C) groups is 1. The maximum absolute atomic E-state index is 6.01. The lowest BCUT2D eigenvalue weighted by atomic mass is 9.21. The van der Waals surface area contributed by atoms with E-state index in [1.807, 2.05) is 0 Å². The van der Waals surface area contributed by atoms with Crippen LogP contribution in [0, 0.1) is 0 Å². The van der Waals surface area contributed by atoms with E-state index in [-0.39, 0.29) is 0 Å². The second kappa shape index (κ2) is 15.1. The molecule has 0 atom stereocenters. The lowest BCUT2D eigenvalue weighted by Crippen LogP contribution is -2.75. The fraction of sp³-hybridized carbons (Fsp3) is 0. The molecule has 9 rings (SSSR count). The predicted octanol–water partition coefficient (Wildman–Crippen LogP) is 10.7. The molecule has 0 aromatic heterocycles. The van der Waals surface area contributed by atoms with Gasteiger partial charge in [0.05, 0.1) is 11.0 Å². The minimum Gasteiger partial charge on any atom is -0.459 e. The summed E-state index contributed by atoms with van der Waals surface area (Å²) in [5, 5.41) is 3.80. The first kappa shape index (κ1) is 34.2. The summed E-state index contributed by atoms with van der Waals surface area (Å²) in [6.07, 6.45) is -2.01. The molecule has 1 aliphatic heterocycles. The normalized spacial score (nSPS) is 15.5. The fourth-order valence-electron chi connectivity index (χ4n) is 8.79. The molecule has 8 aromatic rings. The van der Waals surface area contributed by atoms with Gasteiger partial charge in [-0.1, -0.05) is 200 Å². The molecule has 0 fully saturated rings. The van der Waals surface area contributed by atoms with Gasteiger partial charge in [0.2, 0.25) is 5.58 Å². The zero-order valence-electron chi connectivity index (χ0n) is 30.5. The molecule has 4 heteroatoms. The van der Waals surface area contributed by atoms with Crippen LogP contribution in [0.15, 0.2) is 248 Å². The summed E-state index contributed by atoms with van der Waals surface area (Å²) < 4.78 is 0. The lowest BCUT2D eigenvalue weighted by Gasteiger charge is -2.60. The van der Waals surface area contributed by atoms with Gasteiger partial charge in [0.15, 0.2) is 13.5 Å². The van der Waals surface area contributed by atoms with Gasteiger partial charge in [-0.15, -0.1) is 5.47 Å². The lowest BCUT2D eigenvalue weighted by molar-refractivity contribution is 1.40. The first-order chi connectivity index (χ1) is 27.3. The van der Waals surface area contributed by atoms with Crippen LogP contribution in [0.3, 0.4) is 0 Å². The largest absolute Gasteiger partial charge is 0.459 e. The summed E-state index contributed by atoms with van der Waals surface area (Å²) in [5.74, 6) is 0. The van der Waals surface area contributed by atoms with Crippen molar-refractivity contribution in [3.8, 4) is 0 Å². The SMILES string of the molecule is c1ccc(N=C2N(c3ccccc3)[B-](c3ccccc3)(c3ccccc3)C(c3ccccc3)=C(c3ccccc3)[P+]2(c2ccccc2)c2ccccc2)cc1. The maximum Gasteiger partial charge on any atom is 0.234 e. The van der Waals surface area contributed by atoms with Crippen molar-refractivity contribution in [2.45, 2.75) is 0 Å². The Hall–Kier alpha value is -6.54. The van der Waals surface area contributed by atoms with Gasteiger partial charge in [-0.25, -0.2) is 4.99 Å². The van der Waals surface area contributed by atoms with Crippen molar-refractivity contribution in [1.82, 2.24) is 0 Å². The second-order valence-corrected chi connectivity index (χ2v) is 17.2. The highest BCUT2D eigenvalue weighted by Crippen LogP contribution is 2.74. The molecule has 0 spiro atoms. The number of hydrogen-bond donors (Lipinski definition) is 0. The number of amidine groups is 1. The van der Waals surface area contributed by atoms with Crippen LogP contribution in [0.25, 0.3) is 10.8 Å². The van der Waals surface area contributed by atoms with Crippen LogP contribution in [-0.2, 0) is 0 Å². The van der Waals surface area contributed by atoms with Crippen molar-refractivity contribution in [3.63, 3.8) is 0 Å². The first-order valence-electron chi connectivity index (χ1n) is 18.9. The Labute approximate surface area is 325 Å². The molecule has 0 amide bonds. The highest BCUT2D eigenvalue weighted by Gasteiger charge is 2.63. The van der Waals surface area contributed by atoms with Gasteiger partial charge >= 0.3 is 0 Å². The third-order valence-electron chi connectivity index (χ3n) is 10.9. The van der Waals surface area contributed by atoms with Crippen molar-refractivity contribution in [1.29, 1.82) is 0 Å². The van der Waals surface area contributed by atoms with Gasteiger partial charge in [0.1, 0.15) is 10.6 Å². The third kappa shape index (κ3) is 5.85. The van der Waals surface area contributed by atoms with E-state index in [1.165, 1.54) is 43.4 Å². The molecule has 55 heavy (non-hydrogen) atoms. The van der Waals surface area contributed by atoms with E-state index in [2.05, 4.69) is 247 Å². The number of anilines is 1. The van der Waals surface area contributed by atoms with Gasteiger partial charge in [-0.2, -0.15) is 10.9 Å². The summed E-state index contributed by atoms with van der Waals surface area (Å²) in [6.45, 7) is 0. The fourth-order valence-corrected chi connectivity index (χ4v) is 13.6. The van der Waals surface area contributed by atoms with E-state index in [1.54, 1.807) is 0 Å². The molecular weight excluding hydrogens is 682 g/mol. The van der Waals surface area contributed by atoms with E-state index >= 15 is 0 Å². The van der Waals surface area contributed by atoms with Gasteiger partial charge in [-0.05, 0) is 48.5 Å². The van der Waals surface area contributed by atoms with E-state index < -0.39 is 13.5 Å². The van der Waals surface area contributed by atoms with Crippen molar-refractivity contribution in [2.24, 2.45) is 4.99 Å². The summed E-state index contributed by atoms with van der Waals surface area (Å²) in [6, 6.07) is 88.4. The zero-order valence-corrected chi connectivity index (χ0v) is 31.4. The highest BCUT2D eigenvalue weighted by molar-refractivity contribution is 8.11. The average molecular weight is 723 g/mol. The standard InChI is InChI=1S/C51H40BN2P/c1-9-25-41(26-10-1)49-50(42-27-11-2-12-28-42)55(47-37-21-7-22-38-47,48-39-23-8-24-40-48)51(53-45-33-17-5-18-34-45)54(46-35-19-6-20-36-46)52(49,43-29-13-3-14-30-43)44-31-15-4-16-32-44/h1-40H. The molecule has 8 aromatic carbocycles. The van der Waals surface area contributed by atoms with Crippen LogP contribution in [0.4, 0.5) is 11.4 Å². The molecule has 0 N–H and O–H groups in total. The molecular formula is C51H40BN2P. The van der Waals surface area contributed by atoms with Crippen molar-refractivity contribution in [3.05, 3.63) is 254 Å². The minimum atomic E-state index is -2.90. The van der Waals surface area contributed by atoms with E-state index in [9.17, 15) is 0 Å². The molecule has 0 radical (unpaired) electrons. The monoisotopic (exact) mass is 722 g/mol. The van der Waals surface area contributed by atoms with E-state index in [0.29, 0.717) is 0 Å². The third-order valence-corrected chi connectivity index (χ3v) is 15.1. The minimum absolute atomic E-state index is 0.913. The number of benzene rings is 8. The van der Waals surface area contributed by atoms with Crippen LogP contribution < -0.4 is 26.3 Å². The molecule has 0 bridgehead atoms. The average Bonchev–Trinajstić information content (AvgIpc) is 3.28. The van der Waals surface area contributed by atoms with Crippen LogP contribution in [0.2, 0.25) is 0 Å². The van der Waals surface area contributed by atoms with Crippen molar-refractivity contribution in [2.75, 3.05) is 4.81 Å². The smallest absolute Gasteiger partial charge is 0.234 e. The van der Waals surface area contributed by atoms with E-state index in [0.717, 1.165) is 17.0 Å². The number of hydrogen-bond acceptors (Lipinski definition) is 1. The Kier molecular flexibility index (Phi) is 9.38. The van der Waals surface area contributed by atoms with Crippen LogP contribution >= 0.6 is 7.26 Å². The summed E-state index contributed by atoms with van der Waals surface area (Å²) >= 11 is 0. The summed E-state index contributed by atoms with van der Waals surface area (Å²) in [7, 11) is -2.90. The van der Waals surface area contributed by atoms with Crippen molar-refractivity contribution >= 4 is 62.8 Å². The molecule has 0 saturated heterocycles.